The normalized spacial score (nSPS) is 19.4. The third-order valence-corrected chi connectivity index (χ3v) is 7.89. The van der Waals surface area contributed by atoms with Crippen molar-refractivity contribution in [2.24, 2.45) is 0 Å². The minimum Gasteiger partial charge on any atom is -0.310 e. The van der Waals surface area contributed by atoms with Gasteiger partial charge in [0, 0.05) is 25.7 Å². The van der Waals surface area contributed by atoms with Gasteiger partial charge in [0.25, 0.3) is 0 Å². The molecule has 10 heteroatoms. The first kappa shape index (κ1) is 21.9. The van der Waals surface area contributed by atoms with Crippen LogP contribution in [0.1, 0.15) is 38.1 Å². The average molecular weight is 450 g/mol. The minimum absolute atomic E-state index is 0.0836. The molecule has 8 nitrogen and oxygen atoms in total. The van der Waals surface area contributed by atoms with Crippen LogP contribution in [0.5, 0.6) is 0 Å². The Balaban J connectivity index is 1.33. The molecule has 1 saturated carbocycles. The molecule has 0 bridgehead atoms. The van der Waals surface area contributed by atoms with E-state index in [1.54, 1.807) is 6.20 Å². The molecule has 31 heavy (non-hydrogen) atoms. The SMILES string of the molecule is O=C(CN1CCCN(S(=O)(=O)c2ccc(F)cc2)CC1)Nc1ccnn1C1CCCC1. The van der Waals surface area contributed by atoms with E-state index in [-0.39, 0.29) is 23.9 Å². The Morgan fingerprint density at radius 2 is 1.77 bits per heavy atom. The monoisotopic (exact) mass is 449 g/mol. The third-order valence-electron chi connectivity index (χ3n) is 5.97. The molecule has 2 aromatic rings. The van der Waals surface area contributed by atoms with Crippen LogP contribution in [0.3, 0.4) is 0 Å². The van der Waals surface area contributed by atoms with E-state index in [1.807, 2.05) is 15.6 Å². The highest BCUT2D eigenvalue weighted by Gasteiger charge is 2.28. The molecule has 0 atom stereocenters. The number of amides is 1. The summed E-state index contributed by atoms with van der Waals surface area (Å²) in [7, 11) is -3.68. The summed E-state index contributed by atoms with van der Waals surface area (Å²) in [6, 6.07) is 7.03. The standard InChI is InChI=1S/C21H28FN5O3S/c22-17-6-8-19(9-7-17)31(29,30)26-13-3-12-25(14-15-26)16-21(28)24-20-10-11-23-27(20)18-4-1-2-5-18/h6-11,18H,1-5,12-16H2,(H,24,28). The third kappa shape index (κ3) is 5.13. The van der Waals surface area contributed by atoms with Gasteiger partial charge in [0.1, 0.15) is 11.6 Å². The number of hydrogen-bond acceptors (Lipinski definition) is 5. The summed E-state index contributed by atoms with van der Waals surface area (Å²) in [6.07, 6.45) is 6.85. The van der Waals surface area contributed by atoms with Crippen molar-refractivity contribution in [1.82, 2.24) is 19.0 Å². The van der Waals surface area contributed by atoms with Crippen molar-refractivity contribution in [3.8, 4) is 0 Å². The van der Waals surface area contributed by atoms with Crippen LogP contribution in [0.4, 0.5) is 10.2 Å². The second-order valence-electron chi connectivity index (χ2n) is 8.14. The smallest absolute Gasteiger partial charge is 0.243 e. The van der Waals surface area contributed by atoms with Crippen LogP contribution in [0, 0.1) is 5.82 Å². The zero-order valence-corrected chi connectivity index (χ0v) is 18.2. The quantitative estimate of drug-likeness (QED) is 0.732. The molecule has 1 saturated heterocycles. The second-order valence-corrected chi connectivity index (χ2v) is 10.1. The van der Waals surface area contributed by atoms with Gasteiger partial charge >= 0.3 is 0 Å². The number of carbonyl (C=O) groups is 1. The maximum Gasteiger partial charge on any atom is 0.243 e. The second kappa shape index (κ2) is 9.46. The summed E-state index contributed by atoms with van der Waals surface area (Å²) in [5.41, 5.74) is 0. The topological polar surface area (TPSA) is 87.5 Å². The van der Waals surface area contributed by atoms with Crippen LogP contribution in [0.25, 0.3) is 0 Å². The van der Waals surface area contributed by atoms with E-state index in [2.05, 4.69) is 10.4 Å². The van der Waals surface area contributed by atoms with E-state index >= 15 is 0 Å². The Morgan fingerprint density at radius 1 is 1.03 bits per heavy atom. The lowest BCUT2D eigenvalue weighted by Crippen LogP contribution is -2.38. The van der Waals surface area contributed by atoms with Gasteiger partial charge in [-0.15, -0.1) is 0 Å². The number of aromatic nitrogens is 2. The highest BCUT2D eigenvalue weighted by atomic mass is 32.2. The Kier molecular flexibility index (Phi) is 6.68. The molecule has 1 N–H and O–H groups in total. The average Bonchev–Trinajstić information content (AvgIpc) is 3.36. The van der Waals surface area contributed by atoms with Crippen molar-refractivity contribution in [1.29, 1.82) is 0 Å². The zero-order valence-electron chi connectivity index (χ0n) is 17.4. The first-order chi connectivity index (χ1) is 14.9. The molecular weight excluding hydrogens is 421 g/mol. The fourth-order valence-electron chi connectivity index (χ4n) is 4.34. The maximum atomic E-state index is 13.1. The number of anilines is 1. The lowest BCUT2D eigenvalue weighted by molar-refractivity contribution is -0.117. The van der Waals surface area contributed by atoms with Gasteiger partial charge in [-0.3, -0.25) is 9.69 Å². The summed E-state index contributed by atoms with van der Waals surface area (Å²) < 4.78 is 42.2. The Morgan fingerprint density at radius 3 is 2.52 bits per heavy atom. The lowest BCUT2D eigenvalue weighted by atomic mass is 10.2. The highest BCUT2D eigenvalue weighted by molar-refractivity contribution is 7.89. The number of nitrogens with zero attached hydrogens (tertiary/aromatic N) is 4. The van der Waals surface area contributed by atoms with Gasteiger partial charge in [-0.25, -0.2) is 17.5 Å². The van der Waals surface area contributed by atoms with E-state index in [1.165, 1.54) is 29.3 Å². The zero-order chi connectivity index (χ0) is 21.8. The number of sulfonamides is 1. The largest absolute Gasteiger partial charge is 0.310 e. The fraction of sp³-hybridized carbons (Fsp3) is 0.524. The number of benzene rings is 1. The van der Waals surface area contributed by atoms with Crippen molar-refractivity contribution in [3.63, 3.8) is 0 Å². The molecule has 4 rings (SSSR count). The molecule has 1 amide bonds. The molecule has 1 aromatic carbocycles. The first-order valence-electron chi connectivity index (χ1n) is 10.7. The molecule has 1 aromatic heterocycles. The first-order valence-corrected chi connectivity index (χ1v) is 12.2. The van der Waals surface area contributed by atoms with Crippen molar-refractivity contribution in [3.05, 3.63) is 42.3 Å². The summed E-state index contributed by atoms with van der Waals surface area (Å²) >= 11 is 0. The van der Waals surface area contributed by atoms with Gasteiger partial charge in [-0.1, -0.05) is 12.8 Å². The number of rotatable bonds is 6. The summed E-state index contributed by atoms with van der Waals surface area (Å²) in [5.74, 6) is 0.114. The molecule has 1 aliphatic heterocycles. The Labute approximate surface area is 182 Å². The van der Waals surface area contributed by atoms with Crippen LogP contribution in [0.15, 0.2) is 41.4 Å². The predicted octanol–water partition coefficient (Wildman–Crippen LogP) is 2.47. The van der Waals surface area contributed by atoms with Gasteiger partial charge in [0.05, 0.1) is 23.7 Å². The fourth-order valence-corrected chi connectivity index (χ4v) is 5.81. The van der Waals surface area contributed by atoms with E-state index in [4.69, 9.17) is 0 Å². The molecule has 2 fully saturated rings. The van der Waals surface area contributed by atoms with Gasteiger partial charge in [-0.2, -0.15) is 9.40 Å². The van der Waals surface area contributed by atoms with Crippen molar-refractivity contribution in [2.75, 3.05) is 38.0 Å². The minimum atomic E-state index is -3.68. The van der Waals surface area contributed by atoms with Gasteiger partial charge in [0.15, 0.2) is 0 Å². The molecular formula is C21H28FN5O3S. The molecule has 0 radical (unpaired) electrons. The van der Waals surface area contributed by atoms with E-state index in [0.29, 0.717) is 37.9 Å². The van der Waals surface area contributed by atoms with Crippen molar-refractivity contribution < 1.29 is 17.6 Å². The van der Waals surface area contributed by atoms with E-state index < -0.39 is 15.8 Å². The Hall–Kier alpha value is -2.30. The number of halogens is 1. The number of hydrogen-bond donors (Lipinski definition) is 1. The van der Waals surface area contributed by atoms with Crippen LogP contribution in [-0.2, 0) is 14.8 Å². The summed E-state index contributed by atoms with van der Waals surface area (Å²) in [5, 5.41) is 7.34. The number of carbonyl (C=O) groups excluding carboxylic acids is 1. The van der Waals surface area contributed by atoms with Gasteiger partial charge in [0.2, 0.25) is 15.9 Å². The predicted molar refractivity (Wildman–Crippen MR) is 115 cm³/mol. The van der Waals surface area contributed by atoms with Crippen molar-refractivity contribution >= 4 is 21.7 Å². The van der Waals surface area contributed by atoms with Crippen molar-refractivity contribution in [2.45, 2.75) is 43.0 Å². The van der Waals surface area contributed by atoms with Crippen LogP contribution >= 0.6 is 0 Å². The number of nitrogens with one attached hydrogen (secondary N) is 1. The van der Waals surface area contributed by atoms with Crippen LogP contribution in [0.2, 0.25) is 0 Å². The molecule has 2 aliphatic rings. The van der Waals surface area contributed by atoms with Gasteiger partial charge in [-0.05, 0) is 50.1 Å². The summed E-state index contributed by atoms with van der Waals surface area (Å²) in [4.78, 5) is 14.7. The van der Waals surface area contributed by atoms with Crippen LogP contribution in [-0.4, -0.2) is 66.0 Å². The van der Waals surface area contributed by atoms with E-state index in [0.717, 1.165) is 25.0 Å². The molecule has 0 spiro atoms. The molecule has 2 heterocycles. The molecule has 168 valence electrons. The lowest BCUT2D eigenvalue weighted by Gasteiger charge is -2.22. The van der Waals surface area contributed by atoms with Crippen LogP contribution < -0.4 is 5.32 Å². The Bertz CT molecular complexity index is 1000. The van der Waals surface area contributed by atoms with E-state index in [9.17, 15) is 17.6 Å². The van der Waals surface area contributed by atoms with Gasteiger partial charge < -0.3 is 5.32 Å². The molecule has 0 unspecified atom stereocenters. The highest BCUT2D eigenvalue weighted by Crippen LogP contribution is 2.31. The maximum absolute atomic E-state index is 13.1. The summed E-state index contributed by atoms with van der Waals surface area (Å²) in [6.45, 7) is 1.93. The molecule has 1 aliphatic carbocycles.